The lowest BCUT2D eigenvalue weighted by atomic mass is 9.45. The van der Waals surface area contributed by atoms with Crippen molar-refractivity contribution in [1.82, 2.24) is 20.6 Å². The van der Waals surface area contributed by atoms with Crippen molar-refractivity contribution in [2.75, 3.05) is 33.4 Å². The van der Waals surface area contributed by atoms with Crippen LogP contribution in [0.25, 0.3) is 11.1 Å². The Balaban J connectivity index is 1.21. The van der Waals surface area contributed by atoms with E-state index >= 15 is 0 Å². The summed E-state index contributed by atoms with van der Waals surface area (Å²) in [4.78, 5) is 36.0. The Bertz CT molecular complexity index is 1500. The van der Waals surface area contributed by atoms with Gasteiger partial charge in [-0.1, -0.05) is 58.0 Å². The summed E-state index contributed by atoms with van der Waals surface area (Å²) >= 11 is 0. The van der Waals surface area contributed by atoms with Crippen molar-refractivity contribution in [3.8, 4) is 16.9 Å². The average Bonchev–Trinajstić information content (AvgIpc) is 3.71. The fourth-order valence-electron chi connectivity index (χ4n) is 9.51. The smallest absolute Gasteiger partial charge is 0.251 e. The van der Waals surface area contributed by atoms with Crippen LogP contribution in [0.2, 0.25) is 0 Å². The molecule has 10 heteroatoms. The fraction of sp³-hybridized carbons (Fsp3) is 0.641. The molecule has 2 aromatic rings. The third kappa shape index (κ3) is 6.87. The normalized spacial score (nSPS) is 31.6. The number of fused-ring (bicyclic) bond motifs is 2. The lowest BCUT2D eigenvalue weighted by molar-refractivity contribution is -0.183. The van der Waals surface area contributed by atoms with E-state index in [0.29, 0.717) is 47.1 Å². The van der Waals surface area contributed by atoms with Gasteiger partial charge in [0, 0.05) is 41.2 Å². The Kier molecular flexibility index (Phi) is 10.7. The molecule has 2 unspecified atom stereocenters. The number of hydrogen-bond acceptors (Lipinski definition) is 8. The van der Waals surface area contributed by atoms with E-state index in [0.717, 1.165) is 49.0 Å². The number of aliphatic hydroxyl groups excluding tert-OH is 2. The molecule has 0 aromatic heterocycles. The highest BCUT2D eigenvalue weighted by Crippen LogP contribution is 2.61. The lowest BCUT2D eigenvalue weighted by Gasteiger charge is -2.62. The number of nitrogens with one attached hydrogen (secondary N) is 2. The van der Waals surface area contributed by atoms with E-state index in [1.165, 1.54) is 6.42 Å². The van der Waals surface area contributed by atoms with Crippen molar-refractivity contribution in [2.45, 2.75) is 97.2 Å². The van der Waals surface area contributed by atoms with Crippen molar-refractivity contribution < 1.29 is 29.4 Å². The summed E-state index contributed by atoms with van der Waals surface area (Å²) in [5.41, 5.74) is 3.30. The topological polar surface area (TPSA) is 124 Å². The monoisotopic (exact) mass is 676 g/mol. The van der Waals surface area contributed by atoms with E-state index < -0.39 is 24.2 Å². The molecule has 2 amide bonds. The van der Waals surface area contributed by atoms with Crippen LogP contribution >= 0.6 is 0 Å². The molecule has 5 fully saturated rings. The van der Waals surface area contributed by atoms with Crippen LogP contribution in [-0.2, 0) is 16.2 Å². The molecule has 7 rings (SSSR count). The number of ether oxygens (including phenoxy) is 1. The summed E-state index contributed by atoms with van der Waals surface area (Å²) in [6, 6.07) is 13.0. The number of likely N-dealkylation sites (N-methyl/N-ethyl adjacent to an activating group) is 1. The SMILES string of the molecule is CCN1CCC[C@H]1CNC(=O)c1cccc(-c2cccc(CN3O[C@@H](CO)[C@@H]([C@H](C)O)[C@H]3C(=O)N[C@H]3CC4CC([C@H]3C)C4(C)C)c2OC)c1. The molecule has 2 heterocycles. The maximum absolute atomic E-state index is 14.1. The Morgan fingerprint density at radius 2 is 1.94 bits per heavy atom. The third-order valence-electron chi connectivity index (χ3n) is 12.5. The van der Waals surface area contributed by atoms with Crippen LogP contribution in [0.1, 0.15) is 76.2 Å². The van der Waals surface area contributed by atoms with Gasteiger partial charge in [-0.25, -0.2) is 0 Å². The van der Waals surface area contributed by atoms with Crippen LogP contribution in [0.4, 0.5) is 0 Å². The van der Waals surface area contributed by atoms with E-state index in [2.05, 4.69) is 43.2 Å². The summed E-state index contributed by atoms with van der Waals surface area (Å²) in [5, 5.41) is 29.2. The zero-order valence-corrected chi connectivity index (χ0v) is 30.0. The molecule has 3 aliphatic carbocycles. The second kappa shape index (κ2) is 14.7. The minimum atomic E-state index is -0.880. The predicted molar refractivity (Wildman–Crippen MR) is 189 cm³/mol. The average molecular weight is 677 g/mol. The second-order valence-electron chi connectivity index (χ2n) is 15.4. The predicted octanol–water partition coefficient (Wildman–Crippen LogP) is 4.24. The number of carbonyl (C=O) groups excluding carboxylic acids is 2. The number of likely N-dealkylation sites (tertiary alicyclic amines) is 1. The molecule has 268 valence electrons. The molecule has 0 radical (unpaired) electrons. The zero-order valence-electron chi connectivity index (χ0n) is 30.0. The van der Waals surface area contributed by atoms with Crippen molar-refractivity contribution >= 4 is 11.8 Å². The molecule has 9 atom stereocenters. The lowest BCUT2D eigenvalue weighted by Crippen LogP contribution is -2.62. The largest absolute Gasteiger partial charge is 0.496 e. The van der Waals surface area contributed by atoms with Gasteiger partial charge in [0.25, 0.3) is 5.91 Å². The number of methoxy groups -OCH3 is 1. The number of nitrogens with zero attached hydrogens (tertiary/aromatic N) is 2. The molecule has 2 bridgehead atoms. The first-order chi connectivity index (χ1) is 23.5. The number of hydrogen-bond donors (Lipinski definition) is 4. The Labute approximate surface area is 291 Å². The zero-order chi connectivity index (χ0) is 35.0. The standard InChI is InChI=1S/C39H56N4O6/c1-7-42-16-10-14-29(42)20-40-37(46)26-12-8-11-25(17-26)30-15-9-13-27(36(30)48-6)21-43-35(34(24(3)45)33(22-44)49-43)38(47)41-32-19-28-18-31(23(32)2)39(28,4)5/h8-9,11-13,15,17,23-24,28-29,31-35,44-45H,7,10,14,16,18-22H2,1-6H3,(H,40,46)(H,41,47)/t23-,24+,28?,29+,31?,32+,33+,34-,35+/m1/s1. The van der Waals surface area contributed by atoms with Crippen molar-refractivity contribution in [3.05, 3.63) is 53.6 Å². The molecule has 2 saturated heterocycles. The van der Waals surface area contributed by atoms with Gasteiger partial charge in [0.1, 0.15) is 17.9 Å². The van der Waals surface area contributed by atoms with Crippen LogP contribution in [0, 0.1) is 29.1 Å². The first kappa shape index (κ1) is 35.8. The van der Waals surface area contributed by atoms with E-state index in [9.17, 15) is 19.8 Å². The van der Waals surface area contributed by atoms with Gasteiger partial charge in [-0.3, -0.25) is 19.3 Å². The third-order valence-corrected chi connectivity index (χ3v) is 12.5. The number of aliphatic hydroxyl groups is 2. The molecule has 5 aliphatic rings. The minimum absolute atomic E-state index is 0.0556. The number of para-hydroxylation sites is 1. The van der Waals surface area contributed by atoms with E-state index in [4.69, 9.17) is 9.57 Å². The molecule has 2 aliphatic heterocycles. The van der Waals surface area contributed by atoms with E-state index in [1.54, 1.807) is 19.1 Å². The highest BCUT2D eigenvalue weighted by Gasteiger charge is 2.57. The summed E-state index contributed by atoms with van der Waals surface area (Å²) < 4.78 is 5.99. The second-order valence-corrected chi connectivity index (χ2v) is 15.4. The van der Waals surface area contributed by atoms with Crippen molar-refractivity contribution in [2.24, 2.45) is 29.1 Å². The molecule has 3 saturated carbocycles. The molecular formula is C39H56N4O6. The summed E-state index contributed by atoms with van der Waals surface area (Å²) in [5.74, 6) is 1.20. The highest BCUT2D eigenvalue weighted by molar-refractivity contribution is 5.95. The van der Waals surface area contributed by atoms with Gasteiger partial charge in [0.05, 0.1) is 26.4 Å². The van der Waals surface area contributed by atoms with Gasteiger partial charge >= 0.3 is 0 Å². The maximum atomic E-state index is 14.1. The van der Waals surface area contributed by atoms with Gasteiger partial charge in [-0.2, -0.15) is 5.06 Å². The fourth-order valence-corrected chi connectivity index (χ4v) is 9.51. The molecule has 49 heavy (non-hydrogen) atoms. The Hall–Kier alpha value is -3.02. The van der Waals surface area contributed by atoms with Gasteiger partial charge in [0.2, 0.25) is 5.91 Å². The van der Waals surface area contributed by atoms with E-state index in [1.807, 2.05) is 42.5 Å². The van der Waals surface area contributed by atoms with E-state index in [-0.39, 0.29) is 31.0 Å². The first-order valence-electron chi connectivity index (χ1n) is 18.3. The summed E-state index contributed by atoms with van der Waals surface area (Å²) in [6.07, 6.45) is 2.80. The van der Waals surface area contributed by atoms with Crippen molar-refractivity contribution in [3.63, 3.8) is 0 Å². The number of carbonyl (C=O) groups is 2. The Morgan fingerprint density at radius 1 is 1.16 bits per heavy atom. The van der Waals surface area contributed by atoms with Gasteiger partial charge < -0.3 is 25.6 Å². The number of hydroxylamine groups is 2. The van der Waals surface area contributed by atoms with Gasteiger partial charge in [-0.05, 0) is 86.6 Å². The van der Waals surface area contributed by atoms with Crippen LogP contribution in [0.3, 0.4) is 0 Å². The number of rotatable bonds is 12. The first-order valence-corrected chi connectivity index (χ1v) is 18.3. The highest BCUT2D eigenvalue weighted by atomic mass is 16.7. The minimum Gasteiger partial charge on any atom is -0.496 e. The van der Waals surface area contributed by atoms with Crippen molar-refractivity contribution in [1.29, 1.82) is 0 Å². The van der Waals surface area contributed by atoms with Crippen LogP contribution in [-0.4, -0.2) is 95.7 Å². The Morgan fingerprint density at radius 3 is 2.61 bits per heavy atom. The molecular weight excluding hydrogens is 620 g/mol. The van der Waals surface area contributed by atoms with Gasteiger partial charge in [-0.15, -0.1) is 0 Å². The summed E-state index contributed by atoms with van der Waals surface area (Å²) in [6.45, 7) is 13.3. The maximum Gasteiger partial charge on any atom is 0.251 e. The van der Waals surface area contributed by atoms with Crippen LogP contribution < -0.4 is 15.4 Å². The molecule has 0 spiro atoms. The molecule has 4 N–H and O–H groups in total. The van der Waals surface area contributed by atoms with Gasteiger partial charge in [0.15, 0.2) is 0 Å². The summed E-state index contributed by atoms with van der Waals surface area (Å²) in [7, 11) is 1.61. The molecule has 2 aromatic carbocycles. The quantitative estimate of drug-likeness (QED) is 0.264. The van der Waals surface area contributed by atoms with Crippen LogP contribution in [0.5, 0.6) is 5.75 Å². The number of amides is 2. The molecule has 10 nitrogen and oxygen atoms in total. The van der Waals surface area contributed by atoms with Crippen LogP contribution in [0.15, 0.2) is 42.5 Å². The number of benzene rings is 2.